The van der Waals surface area contributed by atoms with Gasteiger partial charge in [0, 0.05) is 5.92 Å². The van der Waals surface area contributed by atoms with E-state index < -0.39 is 0 Å². The standard InChI is InChI=1S/C13H17N3O/c14-10-5-6-11(15-7-10)16-13(17)12(8-1-2-8)9-3-4-9/h5-9,12H,1-4,14H2,(H,15,16,17). The van der Waals surface area contributed by atoms with Crippen molar-refractivity contribution >= 4 is 17.4 Å². The second-order valence-electron chi connectivity index (χ2n) is 5.17. The number of nitrogens with zero attached hydrogens (tertiary/aromatic N) is 1. The van der Waals surface area contributed by atoms with Crippen molar-refractivity contribution in [3.63, 3.8) is 0 Å². The SMILES string of the molecule is Nc1ccc(NC(=O)C(C2CC2)C2CC2)nc1. The van der Waals surface area contributed by atoms with Gasteiger partial charge in [-0.3, -0.25) is 4.79 Å². The van der Waals surface area contributed by atoms with E-state index in [1.165, 1.54) is 25.7 Å². The van der Waals surface area contributed by atoms with Crippen LogP contribution in [0.5, 0.6) is 0 Å². The molecule has 0 bridgehead atoms. The summed E-state index contributed by atoms with van der Waals surface area (Å²) >= 11 is 0. The highest BCUT2D eigenvalue weighted by molar-refractivity contribution is 5.92. The Labute approximate surface area is 101 Å². The molecule has 2 fully saturated rings. The van der Waals surface area contributed by atoms with Crippen molar-refractivity contribution in [2.75, 3.05) is 11.1 Å². The molecule has 0 aliphatic heterocycles. The van der Waals surface area contributed by atoms with E-state index in [1.807, 2.05) is 0 Å². The summed E-state index contributed by atoms with van der Waals surface area (Å²) in [4.78, 5) is 16.3. The molecule has 2 aliphatic carbocycles. The number of anilines is 2. The summed E-state index contributed by atoms with van der Waals surface area (Å²) in [5.74, 6) is 2.21. The van der Waals surface area contributed by atoms with E-state index in [1.54, 1.807) is 18.3 Å². The zero-order valence-corrected chi connectivity index (χ0v) is 9.73. The monoisotopic (exact) mass is 231 g/mol. The van der Waals surface area contributed by atoms with Crippen LogP contribution in [-0.2, 0) is 4.79 Å². The van der Waals surface area contributed by atoms with Crippen LogP contribution in [0.15, 0.2) is 18.3 Å². The summed E-state index contributed by atoms with van der Waals surface area (Å²) < 4.78 is 0. The Bertz CT molecular complexity index is 409. The molecule has 1 amide bonds. The average molecular weight is 231 g/mol. The van der Waals surface area contributed by atoms with Crippen molar-refractivity contribution < 1.29 is 4.79 Å². The molecule has 0 atom stereocenters. The Morgan fingerprint density at radius 1 is 1.29 bits per heavy atom. The number of aromatic nitrogens is 1. The molecule has 0 saturated heterocycles. The maximum Gasteiger partial charge on any atom is 0.229 e. The number of carbonyl (C=O) groups is 1. The van der Waals surface area contributed by atoms with E-state index in [0.29, 0.717) is 23.3 Å². The van der Waals surface area contributed by atoms with Crippen LogP contribution < -0.4 is 11.1 Å². The summed E-state index contributed by atoms with van der Waals surface area (Å²) in [6, 6.07) is 3.51. The molecule has 1 heterocycles. The minimum Gasteiger partial charge on any atom is -0.397 e. The molecule has 3 N–H and O–H groups in total. The summed E-state index contributed by atoms with van der Waals surface area (Å²) in [6.45, 7) is 0. The number of nitrogens with two attached hydrogens (primary N) is 1. The van der Waals surface area contributed by atoms with Gasteiger partial charge in [0.1, 0.15) is 5.82 Å². The quantitative estimate of drug-likeness (QED) is 0.833. The molecule has 2 aliphatic rings. The van der Waals surface area contributed by atoms with Gasteiger partial charge in [-0.15, -0.1) is 0 Å². The molecule has 0 aromatic carbocycles. The molecule has 0 spiro atoms. The Morgan fingerprint density at radius 2 is 1.94 bits per heavy atom. The predicted octanol–water partition coefficient (Wildman–Crippen LogP) is 2.04. The fourth-order valence-electron chi connectivity index (χ4n) is 2.41. The first-order valence-corrected chi connectivity index (χ1v) is 6.26. The number of carbonyl (C=O) groups excluding carboxylic acids is 1. The van der Waals surface area contributed by atoms with Gasteiger partial charge in [0.25, 0.3) is 0 Å². The molecule has 90 valence electrons. The molecular formula is C13H17N3O. The molecule has 4 heteroatoms. The van der Waals surface area contributed by atoms with E-state index >= 15 is 0 Å². The van der Waals surface area contributed by atoms with Crippen molar-refractivity contribution in [2.24, 2.45) is 17.8 Å². The third kappa shape index (κ3) is 2.40. The summed E-state index contributed by atoms with van der Waals surface area (Å²) in [5.41, 5.74) is 6.17. The zero-order chi connectivity index (χ0) is 11.8. The lowest BCUT2D eigenvalue weighted by Crippen LogP contribution is -2.26. The van der Waals surface area contributed by atoms with Crippen LogP contribution in [0.4, 0.5) is 11.5 Å². The molecular weight excluding hydrogens is 214 g/mol. The van der Waals surface area contributed by atoms with Crippen LogP contribution in [0.2, 0.25) is 0 Å². The average Bonchev–Trinajstić information content (AvgIpc) is 3.14. The normalized spacial score (nSPS) is 19.4. The van der Waals surface area contributed by atoms with Gasteiger partial charge in [-0.2, -0.15) is 0 Å². The molecule has 3 rings (SSSR count). The molecule has 17 heavy (non-hydrogen) atoms. The van der Waals surface area contributed by atoms with Gasteiger partial charge >= 0.3 is 0 Å². The maximum absolute atomic E-state index is 12.2. The smallest absolute Gasteiger partial charge is 0.229 e. The van der Waals surface area contributed by atoms with Crippen molar-refractivity contribution in [1.82, 2.24) is 4.98 Å². The van der Waals surface area contributed by atoms with Crippen molar-refractivity contribution in [3.8, 4) is 0 Å². The minimum absolute atomic E-state index is 0.146. The molecule has 0 radical (unpaired) electrons. The van der Waals surface area contributed by atoms with E-state index in [0.717, 1.165) is 0 Å². The van der Waals surface area contributed by atoms with E-state index in [-0.39, 0.29) is 11.8 Å². The molecule has 0 unspecified atom stereocenters. The second kappa shape index (κ2) is 4.02. The number of hydrogen-bond acceptors (Lipinski definition) is 3. The number of nitrogen functional groups attached to an aromatic ring is 1. The fourth-order valence-corrected chi connectivity index (χ4v) is 2.41. The van der Waals surface area contributed by atoms with Gasteiger partial charge in [-0.25, -0.2) is 4.98 Å². The van der Waals surface area contributed by atoms with E-state index in [2.05, 4.69) is 10.3 Å². The van der Waals surface area contributed by atoms with E-state index in [4.69, 9.17) is 5.73 Å². The van der Waals surface area contributed by atoms with Crippen LogP contribution >= 0.6 is 0 Å². The Morgan fingerprint density at radius 3 is 2.41 bits per heavy atom. The first kappa shape index (κ1) is 10.6. The number of rotatable bonds is 4. The third-order valence-electron chi connectivity index (χ3n) is 3.60. The van der Waals surface area contributed by atoms with Gasteiger partial charge in [-0.05, 0) is 49.7 Å². The molecule has 4 nitrogen and oxygen atoms in total. The lowest BCUT2D eigenvalue weighted by molar-refractivity contribution is -0.121. The summed E-state index contributed by atoms with van der Waals surface area (Å²) in [5, 5.41) is 2.91. The van der Waals surface area contributed by atoms with Crippen LogP contribution in [0.25, 0.3) is 0 Å². The lowest BCUT2D eigenvalue weighted by Gasteiger charge is -2.14. The largest absolute Gasteiger partial charge is 0.397 e. The molecule has 1 aromatic rings. The fraction of sp³-hybridized carbons (Fsp3) is 0.538. The number of amides is 1. The van der Waals surface area contributed by atoms with Crippen LogP contribution in [-0.4, -0.2) is 10.9 Å². The van der Waals surface area contributed by atoms with Crippen LogP contribution in [0.3, 0.4) is 0 Å². The second-order valence-corrected chi connectivity index (χ2v) is 5.17. The summed E-state index contributed by atoms with van der Waals surface area (Å²) in [7, 11) is 0. The van der Waals surface area contributed by atoms with Gasteiger partial charge in [0.15, 0.2) is 0 Å². The Kier molecular flexibility index (Phi) is 2.50. The van der Waals surface area contributed by atoms with Gasteiger partial charge < -0.3 is 11.1 Å². The van der Waals surface area contributed by atoms with Crippen molar-refractivity contribution in [3.05, 3.63) is 18.3 Å². The highest BCUT2D eigenvalue weighted by atomic mass is 16.2. The number of nitrogens with one attached hydrogen (secondary N) is 1. The van der Waals surface area contributed by atoms with Crippen molar-refractivity contribution in [1.29, 1.82) is 0 Å². The topological polar surface area (TPSA) is 68.0 Å². The predicted molar refractivity (Wildman–Crippen MR) is 66.2 cm³/mol. The number of pyridine rings is 1. The van der Waals surface area contributed by atoms with E-state index in [9.17, 15) is 4.79 Å². The molecule has 1 aromatic heterocycles. The van der Waals surface area contributed by atoms with Gasteiger partial charge in [0.2, 0.25) is 5.91 Å². The Hall–Kier alpha value is -1.58. The number of hydrogen-bond donors (Lipinski definition) is 2. The van der Waals surface area contributed by atoms with Crippen LogP contribution in [0, 0.1) is 17.8 Å². The highest BCUT2D eigenvalue weighted by Gasteiger charge is 2.45. The van der Waals surface area contributed by atoms with Crippen molar-refractivity contribution in [2.45, 2.75) is 25.7 Å². The van der Waals surface area contributed by atoms with Gasteiger partial charge in [0.05, 0.1) is 11.9 Å². The van der Waals surface area contributed by atoms with Crippen LogP contribution in [0.1, 0.15) is 25.7 Å². The van der Waals surface area contributed by atoms with Gasteiger partial charge in [-0.1, -0.05) is 0 Å². The minimum atomic E-state index is 0.146. The maximum atomic E-state index is 12.2. The third-order valence-corrected chi connectivity index (χ3v) is 3.60. The highest BCUT2D eigenvalue weighted by Crippen LogP contribution is 2.49. The molecule has 2 saturated carbocycles. The Balaban J connectivity index is 1.67. The lowest BCUT2D eigenvalue weighted by atomic mass is 9.97. The first-order chi connectivity index (χ1) is 8.24. The first-order valence-electron chi connectivity index (χ1n) is 6.26. The summed E-state index contributed by atoms with van der Waals surface area (Å²) in [6.07, 6.45) is 6.42. The zero-order valence-electron chi connectivity index (χ0n) is 9.73.